The molecular weight excluding hydrogens is 406 g/mol. The molecule has 0 spiro atoms. The molecular formula is C24H23N5OS. The first kappa shape index (κ1) is 20.9. The lowest BCUT2D eigenvalue weighted by Gasteiger charge is -2.34. The predicted molar refractivity (Wildman–Crippen MR) is 123 cm³/mol. The number of carbonyl (C=O) groups is 1. The van der Waals surface area contributed by atoms with Gasteiger partial charge in [0.2, 0.25) is 11.9 Å². The third kappa shape index (κ3) is 4.54. The van der Waals surface area contributed by atoms with E-state index in [1.165, 1.54) is 4.90 Å². The summed E-state index contributed by atoms with van der Waals surface area (Å²) in [6, 6.07) is 13.7. The van der Waals surface area contributed by atoms with Gasteiger partial charge < -0.3 is 5.32 Å². The van der Waals surface area contributed by atoms with Crippen molar-refractivity contribution in [2.45, 2.75) is 25.7 Å². The highest BCUT2D eigenvalue weighted by Crippen LogP contribution is 2.43. The molecule has 1 atom stereocenters. The summed E-state index contributed by atoms with van der Waals surface area (Å²) in [6.07, 6.45) is 6.73. The minimum atomic E-state index is -0.295. The van der Waals surface area contributed by atoms with Gasteiger partial charge in [-0.2, -0.15) is 5.26 Å². The minimum absolute atomic E-state index is 0.0436. The van der Waals surface area contributed by atoms with E-state index in [0.717, 1.165) is 40.1 Å². The summed E-state index contributed by atoms with van der Waals surface area (Å²) in [5.41, 5.74) is 4.77. The zero-order valence-corrected chi connectivity index (χ0v) is 18.1. The maximum Gasteiger partial charge on any atom is 0.238 e. The van der Waals surface area contributed by atoms with E-state index in [9.17, 15) is 10.1 Å². The summed E-state index contributed by atoms with van der Waals surface area (Å²) < 4.78 is 0. The van der Waals surface area contributed by atoms with Crippen LogP contribution in [0.3, 0.4) is 0 Å². The second kappa shape index (κ2) is 9.19. The van der Waals surface area contributed by atoms with Crippen LogP contribution in [0.2, 0.25) is 0 Å². The summed E-state index contributed by atoms with van der Waals surface area (Å²) in [4.78, 5) is 19.6. The number of allylic oxidation sites excluding steroid dienone is 2. The van der Waals surface area contributed by atoms with Crippen LogP contribution in [-0.2, 0) is 11.2 Å². The number of thioether (sulfide) groups is 1. The van der Waals surface area contributed by atoms with Crippen molar-refractivity contribution in [2.24, 2.45) is 5.92 Å². The van der Waals surface area contributed by atoms with Crippen LogP contribution in [-0.4, -0.2) is 28.8 Å². The molecule has 1 saturated heterocycles. The molecule has 6 nitrogen and oxygen atoms in total. The number of benzene rings is 1. The van der Waals surface area contributed by atoms with Gasteiger partial charge in [0.25, 0.3) is 0 Å². The Balaban J connectivity index is 1.53. The molecule has 0 bridgehead atoms. The molecule has 2 aliphatic heterocycles. The Kier molecular flexibility index (Phi) is 6.19. The standard InChI is InChI=1S/C24H23N5OS/c1-29-23(30)20(9-3-5-16-7-4-10-27-14-16)22(28-24(29)26)21-12-19(15-31-21)18-8-2-6-17(11-18)13-25/h2,4,6-8,10-11,14-15,20H,3,5,9,12H2,1H3,(H2,26,28)/b22-21+. The second-order valence-electron chi connectivity index (χ2n) is 7.64. The number of nitrogens with one attached hydrogen (secondary N) is 2. The van der Waals surface area contributed by atoms with E-state index in [4.69, 9.17) is 5.41 Å². The van der Waals surface area contributed by atoms with Crippen LogP contribution in [0, 0.1) is 22.7 Å². The quantitative estimate of drug-likeness (QED) is 0.740. The first-order valence-corrected chi connectivity index (χ1v) is 11.1. The Morgan fingerprint density at radius 2 is 2.23 bits per heavy atom. The van der Waals surface area contributed by atoms with Gasteiger partial charge in [-0.1, -0.05) is 18.2 Å². The lowest BCUT2D eigenvalue weighted by Crippen LogP contribution is -2.52. The first-order valence-electron chi connectivity index (χ1n) is 10.2. The van der Waals surface area contributed by atoms with E-state index in [2.05, 4.69) is 21.8 Å². The number of carbonyl (C=O) groups excluding carboxylic acids is 1. The van der Waals surface area contributed by atoms with E-state index < -0.39 is 0 Å². The fourth-order valence-electron chi connectivity index (χ4n) is 3.87. The van der Waals surface area contributed by atoms with Crippen LogP contribution >= 0.6 is 11.8 Å². The molecule has 31 heavy (non-hydrogen) atoms. The average molecular weight is 430 g/mol. The Hall–Kier alpha value is -3.37. The van der Waals surface area contributed by atoms with Gasteiger partial charge in [-0.3, -0.25) is 20.1 Å². The molecule has 1 fully saturated rings. The van der Waals surface area contributed by atoms with Crippen molar-refractivity contribution in [1.29, 1.82) is 10.7 Å². The molecule has 1 aromatic heterocycles. The van der Waals surface area contributed by atoms with Gasteiger partial charge in [0.15, 0.2) is 0 Å². The lowest BCUT2D eigenvalue weighted by molar-refractivity contribution is -0.130. The van der Waals surface area contributed by atoms with Crippen LogP contribution in [0.15, 0.2) is 64.8 Å². The number of aromatic nitrogens is 1. The molecule has 0 radical (unpaired) electrons. The molecule has 0 aliphatic carbocycles. The van der Waals surface area contributed by atoms with E-state index in [-0.39, 0.29) is 17.8 Å². The van der Waals surface area contributed by atoms with Crippen LogP contribution < -0.4 is 5.32 Å². The number of aryl methyl sites for hydroxylation is 1. The number of nitrogens with zero attached hydrogens (tertiary/aromatic N) is 3. The highest BCUT2D eigenvalue weighted by atomic mass is 32.2. The van der Waals surface area contributed by atoms with Gasteiger partial charge >= 0.3 is 0 Å². The highest BCUT2D eigenvalue weighted by molar-refractivity contribution is 8.06. The number of guanidine groups is 1. The molecule has 1 unspecified atom stereocenters. The number of hydrogen-bond donors (Lipinski definition) is 2. The largest absolute Gasteiger partial charge is 0.328 e. The highest BCUT2D eigenvalue weighted by Gasteiger charge is 2.36. The van der Waals surface area contributed by atoms with Gasteiger partial charge in [0, 0.05) is 36.5 Å². The van der Waals surface area contributed by atoms with Gasteiger partial charge in [-0.15, -0.1) is 11.8 Å². The van der Waals surface area contributed by atoms with Crippen LogP contribution in [0.4, 0.5) is 0 Å². The van der Waals surface area contributed by atoms with E-state index in [1.807, 2.05) is 36.5 Å². The minimum Gasteiger partial charge on any atom is -0.328 e. The molecule has 3 heterocycles. The normalized spacial score (nSPS) is 21.0. The van der Waals surface area contributed by atoms with E-state index >= 15 is 0 Å². The molecule has 7 heteroatoms. The van der Waals surface area contributed by atoms with Gasteiger partial charge in [0.05, 0.1) is 17.6 Å². The topological polar surface area (TPSA) is 92.9 Å². The van der Waals surface area contributed by atoms with Gasteiger partial charge in [-0.25, -0.2) is 0 Å². The molecule has 2 aromatic rings. The third-order valence-corrected chi connectivity index (χ3v) is 6.66. The summed E-state index contributed by atoms with van der Waals surface area (Å²) in [7, 11) is 1.64. The van der Waals surface area contributed by atoms with E-state index in [1.54, 1.807) is 31.1 Å². The Bertz CT molecular complexity index is 1120. The monoisotopic (exact) mass is 429 g/mol. The fourth-order valence-corrected chi connectivity index (χ4v) is 4.93. The molecule has 1 aromatic carbocycles. The van der Waals surface area contributed by atoms with Crippen molar-refractivity contribution in [2.75, 3.05) is 7.05 Å². The summed E-state index contributed by atoms with van der Waals surface area (Å²) in [5.74, 6) is -0.231. The molecule has 1 amide bonds. The van der Waals surface area contributed by atoms with Crippen LogP contribution in [0.25, 0.3) is 5.57 Å². The summed E-state index contributed by atoms with van der Waals surface area (Å²) >= 11 is 1.60. The molecule has 2 aliphatic rings. The Labute approximate surface area is 186 Å². The Morgan fingerprint density at radius 1 is 1.35 bits per heavy atom. The zero-order chi connectivity index (χ0) is 21.8. The van der Waals surface area contributed by atoms with Crippen LogP contribution in [0.1, 0.15) is 36.0 Å². The number of rotatable bonds is 5. The predicted octanol–water partition coefficient (Wildman–Crippen LogP) is 4.28. The smallest absolute Gasteiger partial charge is 0.238 e. The van der Waals surface area contributed by atoms with Crippen molar-refractivity contribution in [1.82, 2.24) is 15.2 Å². The number of hydrogen-bond acceptors (Lipinski definition) is 5. The Morgan fingerprint density at radius 3 is 3.00 bits per heavy atom. The number of pyridine rings is 1. The SMILES string of the molecule is CN1C(=N)N/C(=C2\CC(c3cccc(C#N)c3)=CS2)C(CCCc2cccnc2)C1=O. The van der Waals surface area contributed by atoms with Crippen LogP contribution in [0.5, 0.6) is 0 Å². The van der Waals surface area contributed by atoms with Gasteiger partial charge in [-0.05, 0) is 59.6 Å². The summed E-state index contributed by atoms with van der Waals surface area (Å²) in [5, 5.41) is 22.6. The second-order valence-corrected chi connectivity index (χ2v) is 8.61. The molecule has 2 N–H and O–H groups in total. The maximum absolute atomic E-state index is 13.0. The summed E-state index contributed by atoms with van der Waals surface area (Å²) in [6.45, 7) is 0. The zero-order valence-electron chi connectivity index (χ0n) is 17.3. The number of nitriles is 1. The molecule has 156 valence electrons. The van der Waals surface area contributed by atoms with E-state index in [0.29, 0.717) is 18.4 Å². The fraction of sp³-hybridized carbons (Fsp3) is 0.250. The van der Waals surface area contributed by atoms with Gasteiger partial charge in [0.1, 0.15) is 0 Å². The van der Waals surface area contributed by atoms with Crippen molar-refractivity contribution in [3.05, 3.63) is 81.5 Å². The lowest BCUT2D eigenvalue weighted by atomic mass is 9.92. The average Bonchev–Trinajstić information content (AvgIpc) is 3.30. The molecule has 4 rings (SSSR count). The van der Waals surface area contributed by atoms with Crippen molar-refractivity contribution in [3.63, 3.8) is 0 Å². The van der Waals surface area contributed by atoms with Crippen molar-refractivity contribution >= 4 is 29.2 Å². The van der Waals surface area contributed by atoms with Crippen molar-refractivity contribution < 1.29 is 4.79 Å². The van der Waals surface area contributed by atoms with Crippen molar-refractivity contribution in [3.8, 4) is 6.07 Å². The number of amides is 1. The molecule has 0 saturated carbocycles. The third-order valence-electron chi connectivity index (χ3n) is 5.60. The maximum atomic E-state index is 13.0. The first-order chi connectivity index (χ1) is 15.1.